The third-order valence-corrected chi connectivity index (χ3v) is 6.01. The Balaban J connectivity index is 1.81. The van der Waals surface area contributed by atoms with E-state index in [1.54, 1.807) is 0 Å². The zero-order valence-electron chi connectivity index (χ0n) is 10.2. The van der Waals surface area contributed by atoms with E-state index in [0.29, 0.717) is 26.2 Å². The van der Waals surface area contributed by atoms with Crippen molar-refractivity contribution in [3.8, 4) is 0 Å². The van der Waals surface area contributed by atoms with E-state index in [2.05, 4.69) is 0 Å². The van der Waals surface area contributed by atoms with Gasteiger partial charge in [-0.05, 0) is 25.2 Å². The van der Waals surface area contributed by atoms with Gasteiger partial charge in [-0.1, -0.05) is 0 Å². The van der Waals surface area contributed by atoms with E-state index >= 15 is 0 Å². The third-order valence-electron chi connectivity index (χ3n) is 4.24. The molecule has 2 saturated carbocycles. The van der Waals surface area contributed by atoms with Crippen LogP contribution in [0.15, 0.2) is 0 Å². The number of hydrogen-bond donors (Lipinski definition) is 0. The molecule has 0 N–H and O–H groups in total. The first-order valence-electron chi connectivity index (χ1n) is 6.19. The van der Waals surface area contributed by atoms with Crippen molar-refractivity contribution in [1.29, 1.82) is 0 Å². The standard InChI is InChI=1S/C11H14F2O5S/c1-11(12,13)10(14)17-7-3-5-2-6-8(4-5)19(15,16)18-9(6)7/h5-9H,2-4H2,1H3. The topological polar surface area (TPSA) is 69.7 Å². The van der Waals surface area contributed by atoms with Gasteiger partial charge < -0.3 is 4.74 Å². The van der Waals surface area contributed by atoms with Crippen molar-refractivity contribution in [1.82, 2.24) is 0 Å². The van der Waals surface area contributed by atoms with Crippen LogP contribution in [-0.4, -0.2) is 37.8 Å². The minimum Gasteiger partial charge on any atom is -0.455 e. The van der Waals surface area contributed by atoms with E-state index < -0.39 is 39.5 Å². The second kappa shape index (κ2) is 3.88. The molecule has 0 aromatic rings. The molecule has 0 aromatic heterocycles. The second-order valence-corrected chi connectivity index (χ2v) is 7.44. The zero-order chi connectivity index (χ0) is 14.0. The summed E-state index contributed by atoms with van der Waals surface area (Å²) in [7, 11) is -3.64. The Labute approximate surface area is 109 Å². The Morgan fingerprint density at radius 1 is 1.32 bits per heavy atom. The third kappa shape index (κ3) is 2.05. The second-order valence-electron chi connectivity index (χ2n) is 5.66. The largest absolute Gasteiger partial charge is 0.455 e. The van der Waals surface area contributed by atoms with Crippen molar-refractivity contribution in [2.75, 3.05) is 0 Å². The summed E-state index contributed by atoms with van der Waals surface area (Å²) in [5.41, 5.74) is 0. The summed E-state index contributed by atoms with van der Waals surface area (Å²) in [5, 5.41) is -0.562. The lowest BCUT2D eigenvalue weighted by molar-refractivity contribution is -0.182. The van der Waals surface area contributed by atoms with Crippen molar-refractivity contribution < 1.29 is 30.9 Å². The van der Waals surface area contributed by atoms with Crippen molar-refractivity contribution in [3.63, 3.8) is 0 Å². The van der Waals surface area contributed by atoms with E-state index in [1.807, 2.05) is 0 Å². The van der Waals surface area contributed by atoms with Crippen LogP contribution in [0.4, 0.5) is 8.78 Å². The molecule has 1 aliphatic heterocycles. The summed E-state index contributed by atoms with van der Waals surface area (Å²) >= 11 is 0. The summed E-state index contributed by atoms with van der Waals surface area (Å²) in [6, 6.07) is 0. The van der Waals surface area contributed by atoms with Gasteiger partial charge in [-0.15, -0.1) is 0 Å². The Hall–Kier alpha value is -0.760. The molecule has 5 atom stereocenters. The van der Waals surface area contributed by atoms with Crippen LogP contribution in [-0.2, 0) is 23.8 Å². The molecule has 3 rings (SSSR count). The maximum atomic E-state index is 12.8. The summed E-state index contributed by atoms with van der Waals surface area (Å²) in [6.07, 6.45) is -0.107. The quantitative estimate of drug-likeness (QED) is 0.563. The molecule has 19 heavy (non-hydrogen) atoms. The van der Waals surface area contributed by atoms with Crippen LogP contribution < -0.4 is 0 Å². The molecular formula is C11H14F2O5S. The monoisotopic (exact) mass is 296 g/mol. The van der Waals surface area contributed by atoms with Gasteiger partial charge in [0, 0.05) is 12.8 Å². The molecule has 5 nitrogen and oxygen atoms in total. The predicted octanol–water partition coefficient (Wildman–Crippen LogP) is 1.08. The summed E-state index contributed by atoms with van der Waals surface area (Å²) in [5.74, 6) is -5.32. The lowest BCUT2D eigenvalue weighted by Gasteiger charge is -2.32. The van der Waals surface area contributed by atoms with Crippen molar-refractivity contribution in [3.05, 3.63) is 0 Å². The first-order chi connectivity index (χ1) is 8.68. The van der Waals surface area contributed by atoms with Gasteiger partial charge in [0.1, 0.15) is 12.2 Å². The Morgan fingerprint density at radius 2 is 2.00 bits per heavy atom. The average Bonchev–Trinajstić information content (AvgIpc) is 2.72. The number of alkyl halides is 2. The molecule has 0 spiro atoms. The van der Waals surface area contributed by atoms with Crippen LogP contribution in [0.5, 0.6) is 0 Å². The van der Waals surface area contributed by atoms with Gasteiger partial charge in [0.25, 0.3) is 10.1 Å². The van der Waals surface area contributed by atoms with Gasteiger partial charge in [-0.25, -0.2) is 4.79 Å². The molecule has 108 valence electrons. The average molecular weight is 296 g/mol. The molecule has 0 amide bonds. The molecule has 3 fully saturated rings. The molecule has 8 heteroatoms. The van der Waals surface area contributed by atoms with Gasteiger partial charge in [-0.2, -0.15) is 17.2 Å². The normalized spacial score (nSPS) is 43.2. The first kappa shape index (κ1) is 13.2. The molecule has 0 aromatic carbocycles. The Morgan fingerprint density at radius 3 is 2.63 bits per heavy atom. The number of hydrogen-bond acceptors (Lipinski definition) is 5. The smallest absolute Gasteiger partial charge is 0.377 e. The number of ether oxygens (including phenoxy) is 1. The predicted molar refractivity (Wildman–Crippen MR) is 58.9 cm³/mol. The summed E-state index contributed by atoms with van der Waals surface area (Å²) in [4.78, 5) is 11.2. The molecule has 2 aliphatic carbocycles. The highest BCUT2D eigenvalue weighted by Gasteiger charge is 2.60. The SMILES string of the molecule is CC(F)(F)C(=O)OC1CC2CC3C1OS(=O)(=O)C3C2. The molecule has 3 aliphatic rings. The highest BCUT2D eigenvalue weighted by molar-refractivity contribution is 7.87. The highest BCUT2D eigenvalue weighted by Crippen LogP contribution is 2.52. The summed E-state index contributed by atoms with van der Waals surface area (Å²) < 4.78 is 58.9. The number of carbonyl (C=O) groups is 1. The van der Waals surface area contributed by atoms with Gasteiger partial charge in [0.2, 0.25) is 0 Å². The van der Waals surface area contributed by atoms with Gasteiger partial charge in [0.15, 0.2) is 0 Å². The maximum absolute atomic E-state index is 12.8. The minimum absolute atomic E-state index is 0.105. The van der Waals surface area contributed by atoms with Crippen LogP contribution in [0.2, 0.25) is 0 Å². The fourth-order valence-electron chi connectivity index (χ4n) is 3.46. The van der Waals surface area contributed by atoms with E-state index in [9.17, 15) is 22.0 Å². The highest BCUT2D eigenvalue weighted by atomic mass is 32.2. The lowest BCUT2D eigenvalue weighted by Crippen LogP contribution is -2.43. The maximum Gasteiger partial charge on any atom is 0.377 e. The molecule has 2 bridgehead atoms. The molecule has 1 saturated heterocycles. The fourth-order valence-corrected chi connectivity index (χ4v) is 5.38. The van der Waals surface area contributed by atoms with Crippen LogP contribution in [0.1, 0.15) is 26.2 Å². The first-order valence-corrected chi connectivity index (χ1v) is 7.66. The van der Waals surface area contributed by atoms with Crippen LogP contribution in [0.3, 0.4) is 0 Å². The number of rotatable bonds is 2. The lowest BCUT2D eigenvalue weighted by atomic mass is 9.84. The van der Waals surface area contributed by atoms with Crippen molar-refractivity contribution >= 4 is 16.1 Å². The minimum atomic E-state index is -3.64. The fraction of sp³-hybridized carbons (Fsp3) is 0.909. The van der Waals surface area contributed by atoms with E-state index in [0.717, 1.165) is 0 Å². The number of carbonyl (C=O) groups excluding carboxylic acids is 1. The summed E-state index contributed by atoms with van der Waals surface area (Å²) in [6.45, 7) is 0.460. The number of halogens is 2. The van der Waals surface area contributed by atoms with E-state index in [-0.39, 0.29) is 11.8 Å². The van der Waals surface area contributed by atoms with Gasteiger partial charge in [-0.3, -0.25) is 4.18 Å². The van der Waals surface area contributed by atoms with Crippen molar-refractivity contribution in [2.45, 2.75) is 49.6 Å². The molecule has 1 heterocycles. The van der Waals surface area contributed by atoms with E-state index in [4.69, 9.17) is 8.92 Å². The van der Waals surface area contributed by atoms with Crippen LogP contribution >= 0.6 is 0 Å². The number of fused-ring (bicyclic) bond motifs is 1. The molecule has 0 radical (unpaired) electrons. The molecule has 5 unspecified atom stereocenters. The Kier molecular flexibility index (Phi) is 2.70. The Bertz CT molecular complexity index is 512. The van der Waals surface area contributed by atoms with Crippen LogP contribution in [0, 0.1) is 11.8 Å². The number of esters is 1. The van der Waals surface area contributed by atoms with Gasteiger partial charge in [0.05, 0.1) is 5.25 Å². The van der Waals surface area contributed by atoms with Gasteiger partial charge >= 0.3 is 11.9 Å². The van der Waals surface area contributed by atoms with E-state index in [1.165, 1.54) is 0 Å². The van der Waals surface area contributed by atoms with Crippen molar-refractivity contribution in [2.24, 2.45) is 11.8 Å². The zero-order valence-corrected chi connectivity index (χ0v) is 11.0. The molecular weight excluding hydrogens is 282 g/mol. The van der Waals surface area contributed by atoms with Crippen LogP contribution in [0.25, 0.3) is 0 Å².